The summed E-state index contributed by atoms with van der Waals surface area (Å²) in [4.78, 5) is 8.90. The van der Waals surface area contributed by atoms with Crippen molar-refractivity contribution in [3.05, 3.63) is 65.2 Å². The molecule has 0 atom stereocenters. The number of aliphatic carboxylic acids is 1. The number of fused-ring (bicyclic) bond motifs is 1. The monoisotopic (exact) mass is 467 g/mol. The number of aryl methyl sites for hydroxylation is 1. The van der Waals surface area contributed by atoms with Gasteiger partial charge in [0.2, 0.25) is 0 Å². The standard InChI is InChI=1S/C21H24FN3O.C2HF3O2/c1-15-18(14-25(24-15)19-8-10-26-11-9-19)13-23-12-17-7-6-16-4-2-3-5-20(16)21(17)22;3-2(4,5)1(6)7/h2-7,14,19,23H,8-13H2,1H3;(H,6,7). The van der Waals surface area contributed by atoms with Crippen molar-refractivity contribution in [2.24, 2.45) is 0 Å². The minimum atomic E-state index is -5.08. The number of nitrogens with one attached hydrogen (secondary N) is 1. The summed E-state index contributed by atoms with van der Waals surface area (Å²) < 4.78 is 53.9. The van der Waals surface area contributed by atoms with Gasteiger partial charge < -0.3 is 15.2 Å². The van der Waals surface area contributed by atoms with E-state index in [0.29, 0.717) is 30.1 Å². The average Bonchev–Trinajstić information content (AvgIpc) is 3.16. The van der Waals surface area contributed by atoms with E-state index in [4.69, 9.17) is 14.6 Å². The van der Waals surface area contributed by atoms with Crippen molar-refractivity contribution >= 4 is 16.7 Å². The zero-order valence-electron chi connectivity index (χ0n) is 18.0. The molecule has 1 fully saturated rings. The molecule has 1 saturated heterocycles. The van der Waals surface area contributed by atoms with Crippen LogP contribution < -0.4 is 5.32 Å². The van der Waals surface area contributed by atoms with Crippen LogP contribution in [-0.4, -0.2) is 40.2 Å². The van der Waals surface area contributed by atoms with Gasteiger partial charge in [-0.05, 0) is 25.2 Å². The van der Waals surface area contributed by atoms with E-state index >= 15 is 0 Å². The number of ether oxygens (including phenoxy) is 1. The van der Waals surface area contributed by atoms with Gasteiger partial charge in [-0.15, -0.1) is 0 Å². The SMILES string of the molecule is Cc1nn(C2CCOCC2)cc1CNCc1ccc2ccccc2c1F.O=C(O)C(F)(F)F. The Morgan fingerprint density at radius 1 is 1.15 bits per heavy atom. The summed E-state index contributed by atoms with van der Waals surface area (Å²) in [6, 6.07) is 11.8. The van der Waals surface area contributed by atoms with E-state index in [0.717, 1.165) is 42.7 Å². The van der Waals surface area contributed by atoms with Crippen molar-refractivity contribution in [1.82, 2.24) is 15.1 Å². The molecule has 0 saturated carbocycles. The highest BCUT2D eigenvalue weighted by atomic mass is 19.4. The molecule has 6 nitrogen and oxygen atoms in total. The maximum absolute atomic E-state index is 14.7. The predicted octanol–water partition coefficient (Wildman–Crippen LogP) is 4.76. The first-order chi connectivity index (χ1) is 15.7. The van der Waals surface area contributed by atoms with Gasteiger partial charge in [0.05, 0.1) is 11.7 Å². The molecule has 0 amide bonds. The number of halogens is 4. The second kappa shape index (κ2) is 10.8. The molecule has 4 rings (SSSR count). The lowest BCUT2D eigenvalue weighted by Gasteiger charge is -2.22. The second-order valence-corrected chi connectivity index (χ2v) is 7.73. The number of aromatic nitrogens is 2. The summed E-state index contributed by atoms with van der Waals surface area (Å²) in [5, 5.41) is 16.8. The van der Waals surface area contributed by atoms with Crippen LogP contribution in [0.15, 0.2) is 42.6 Å². The summed E-state index contributed by atoms with van der Waals surface area (Å²) in [7, 11) is 0. The van der Waals surface area contributed by atoms with E-state index in [1.165, 1.54) is 0 Å². The van der Waals surface area contributed by atoms with E-state index in [1.807, 2.05) is 43.3 Å². The Kier molecular flexibility index (Phi) is 8.04. The van der Waals surface area contributed by atoms with Gasteiger partial charge in [0.25, 0.3) is 0 Å². The summed E-state index contributed by atoms with van der Waals surface area (Å²) in [5.41, 5.74) is 2.89. The molecule has 3 aromatic rings. The quantitative estimate of drug-likeness (QED) is 0.530. The molecule has 1 aliphatic heterocycles. The molecule has 2 N–H and O–H groups in total. The number of nitrogens with zero attached hydrogens (tertiary/aromatic N) is 2. The van der Waals surface area contributed by atoms with Crippen LogP contribution in [0.1, 0.15) is 35.7 Å². The van der Waals surface area contributed by atoms with Gasteiger partial charge in [0, 0.05) is 49.0 Å². The van der Waals surface area contributed by atoms with Crippen molar-refractivity contribution in [1.29, 1.82) is 0 Å². The molecule has 0 spiro atoms. The number of hydrogen-bond acceptors (Lipinski definition) is 4. The number of carboxylic acid groups (broad SMARTS) is 1. The Balaban J connectivity index is 0.000000383. The molecule has 1 aromatic heterocycles. The van der Waals surface area contributed by atoms with Crippen molar-refractivity contribution in [2.75, 3.05) is 13.2 Å². The van der Waals surface area contributed by atoms with Gasteiger partial charge in [0.1, 0.15) is 5.82 Å². The van der Waals surface area contributed by atoms with Crippen LogP contribution in [0.3, 0.4) is 0 Å². The fourth-order valence-corrected chi connectivity index (χ4v) is 3.58. The molecule has 1 aliphatic rings. The summed E-state index contributed by atoms with van der Waals surface area (Å²) in [6.45, 7) is 4.82. The molecule has 10 heteroatoms. The van der Waals surface area contributed by atoms with Crippen LogP contribution in [0.2, 0.25) is 0 Å². The zero-order chi connectivity index (χ0) is 24.0. The first kappa shape index (κ1) is 24.7. The first-order valence-corrected chi connectivity index (χ1v) is 10.5. The zero-order valence-corrected chi connectivity index (χ0v) is 18.0. The Hall–Kier alpha value is -2.98. The number of benzene rings is 2. The molecule has 33 heavy (non-hydrogen) atoms. The van der Waals surface area contributed by atoms with Crippen LogP contribution in [0.4, 0.5) is 17.6 Å². The molecule has 2 aromatic carbocycles. The lowest BCUT2D eigenvalue weighted by Crippen LogP contribution is -2.21. The van der Waals surface area contributed by atoms with E-state index in [9.17, 15) is 17.6 Å². The molecular weight excluding hydrogens is 442 g/mol. The fourth-order valence-electron chi connectivity index (χ4n) is 3.58. The predicted molar refractivity (Wildman–Crippen MR) is 114 cm³/mol. The Labute approximate surface area is 188 Å². The van der Waals surface area contributed by atoms with E-state index in [2.05, 4.69) is 21.3 Å². The number of hydrogen-bond donors (Lipinski definition) is 2. The highest BCUT2D eigenvalue weighted by Crippen LogP contribution is 2.23. The third-order valence-electron chi connectivity index (χ3n) is 5.40. The molecule has 0 aliphatic carbocycles. The Morgan fingerprint density at radius 3 is 2.45 bits per heavy atom. The molecular formula is C23H25F4N3O3. The van der Waals surface area contributed by atoms with Gasteiger partial charge in [-0.1, -0.05) is 36.4 Å². The highest BCUT2D eigenvalue weighted by Gasteiger charge is 2.38. The lowest BCUT2D eigenvalue weighted by atomic mass is 10.1. The normalized spacial score (nSPS) is 14.7. The lowest BCUT2D eigenvalue weighted by molar-refractivity contribution is -0.192. The van der Waals surface area contributed by atoms with Gasteiger partial charge in [-0.2, -0.15) is 18.3 Å². The number of carboxylic acids is 1. The number of rotatable bonds is 5. The largest absolute Gasteiger partial charge is 0.490 e. The molecule has 2 heterocycles. The first-order valence-electron chi connectivity index (χ1n) is 10.5. The Morgan fingerprint density at radius 2 is 1.79 bits per heavy atom. The van der Waals surface area contributed by atoms with Gasteiger partial charge in [0.15, 0.2) is 0 Å². The maximum atomic E-state index is 14.7. The minimum absolute atomic E-state index is 0.134. The number of alkyl halides is 3. The van der Waals surface area contributed by atoms with Crippen molar-refractivity contribution in [3.63, 3.8) is 0 Å². The fraction of sp³-hybridized carbons (Fsp3) is 0.391. The summed E-state index contributed by atoms with van der Waals surface area (Å²) in [6.07, 6.45) is -0.943. The number of carbonyl (C=O) groups is 1. The molecule has 0 unspecified atom stereocenters. The highest BCUT2D eigenvalue weighted by molar-refractivity contribution is 5.83. The van der Waals surface area contributed by atoms with Crippen LogP contribution >= 0.6 is 0 Å². The van der Waals surface area contributed by atoms with Crippen molar-refractivity contribution in [2.45, 2.75) is 45.1 Å². The molecule has 178 valence electrons. The topological polar surface area (TPSA) is 76.4 Å². The summed E-state index contributed by atoms with van der Waals surface area (Å²) in [5.74, 6) is -2.89. The van der Waals surface area contributed by atoms with Crippen LogP contribution in [0, 0.1) is 12.7 Å². The van der Waals surface area contributed by atoms with Gasteiger partial charge in [-0.25, -0.2) is 9.18 Å². The van der Waals surface area contributed by atoms with Gasteiger partial charge in [-0.3, -0.25) is 4.68 Å². The van der Waals surface area contributed by atoms with Crippen LogP contribution in [0.5, 0.6) is 0 Å². The van der Waals surface area contributed by atoms with E-state index in [1.54, 1.807) is 0 Å². The van der Waals surface area contributed by atoms with Crippen LogP contribution in [-0.2, 0) is 22.6 Å². The average molecular weight is 467 g/mol. The summed E-state index contributed by atoms with van der Waals surface area (Å²) >= 11 is 0. The third-order valence-corrected chi connectivity index (χ3v) is 5.40. The van der Waals surface area contributed by atoms with E-state index in [-0.39, 0.29) is 5.82 Å². The minimum Gasteiger partial charge on any atom is -0.475 e. The van der Waals surface area contributed by atoms with Crippen molar-refractivity contribution in [3.8, 4) is 0 Å². The third kappa shape index (κ3) is 6.52. The molecule has 0 radical (unpaired) electrons. The Bertz CT molecular complexity index is 1090. The van der Waals surface area contributed by atoms with Gasteiger partial charge >= 0.3 is 12.1 Å². The molecule has 0 bridgehead atoms. The van der Waals surface area contributed by atoms with E-state index < -0.39 is 12.1 Å². The van der Waals surface area contributed by atoms with Crippen LogP contribution in [0.25, 0.3) is 10.8 Å². The second-order valence-electron chi connectivity index (χ2n) is 7.73. The maximum Gasteiger partial charge on any atom is 0.490 e. The van der Waals surface area contributed by atoms with Crippen molar-refractivity contribution < 1.29 is 32.2 Å². The smallest absolute Gasteiger partial charge is 0.475 e.